The van der Waals surface area contributed by atoms with Crippen LogP contribution >= 0.6 is 0 Å². The molecule has 1 heterocycles. The molecule has 0 aliphatic rings. The van der Waals surface area contributed by atoms with Gasteiger partial charge in [-0.25, -0.2) is 8.42 Å². The molecule has 8 heteroatoms. The minimum atomic E-state index is -3.58. The molecule has 38 heavy (non-hydrogen) atoms. The third-order valence-corrected chi connectivity index (χ3v) is 8.93. The van der Waals surface area contributed by atoms with E-state index in [1.54, 1.807) is 12.1 Å². The first kappa shape index (κ1) is 30.0. The molecule has 3 aromatic rings. The van der Waals surface area contributed by atoms with Crippen molar-refractivity contribution < 1.29 is 13.2 Å². The first-order chi connectivity index (χ1) is 18.3. The molecule has 0 aliphatic carbocycles. The standard InChI is InChI=1S/C30H44N4O3S/c1-25(13-10-14-26(2)17-12-22-37-23-28-18-6-4-7-19-28)15-11-16-27(3)24-38(35,36)30-31-32-33-34(30)29-20-8-5-9-21-29/h4-9,18-21,25-27H,10-17,22-24H2,1-3H3/t25-,26+,27-/m1/s1. The van der Waals surface area contributed by atoms with Crippen LogP contribution in [0.2, 0.25) is 0 Å². The van der Waals surface area contributed by atoms with Crippen molar-refractivity contribution in [3.63, 3.8) is 0 Å². The van der Waals surface area contributed by atoms with Crippen molar-refractivity contribution in [2.75, 3.05) is 12.4 Å². The molecule has 0 N–H and O–H groups in total. The van der Waals surface area contributed by atoms with Crippen molar-refractivity contribution >= 4 is 9.84 Å². The van der Waals surface area contributed by atoms with Gasteiger partial charge in [0.1, 0.15) is 0 Å². The number of hydrogen-bond donors (Lipinski definition) is 0. The highest BCUT2D eigenvalue weighted by Gasteiger charge is 2.26. The van der Waals surface area contributed by atoms with Crippen LogP contribution in [0.1, 0.15) is 77.7 Å². The normalized spacial score (nSPS) is 14.3. The number of nitrogens with zero attached hydrogens (tertiary/aromatic N) is 4. The van der Waals surface area contributed by atoms with Crippen molar-refractivity contribution in [1.29, 1.82) is 0 Å². The molecular weight excluding hydrogens is 496 g/mol. The molecule has 0 saturated carbocycles. The van der Waals surface area contributed by atoms with E-state index in [1.807, 2.05) is 43.3 Å². The van der Waals surface area contributed by atoms with Gasteiger partial charge >= 0.3 is 0 Å². The van der Waals surface area contributed by atoms with Gasteiger partial charge in [-0.1, -0.05) is 107 Å². The molecule has 0 aliphatic heterocycles. The largest absolute Gasteiger partial charge is 0.377 e. The maximum atomic E-state index is 13.0. The second-order valence-corrected chi connectivity index (χ2v) is 12.8. The Balaban J connectivity index is 1.26. The number of aromatic nitrogens is 4. The average molecular weight is 541 g/mol. The summed E-state index contributed by atoms with van der Waals surface area (Å²) in [7, 11) is -3.58. The SMILES string of the molecule is C[C@H](CCCOCc1ccccc1)CCC[C@@H](C)CCC[C@@H](C)CS(=O)(=O)c1nnnn1-c1ccccc1. The van der Waals surface area contributed by atoms with Gasteiger partial charge in [-0.15, -0.1) is 0 Å². The predicted octanol–water partition coefficient (Wildman–Crippen LogP) is 6.68. The number of sulfone groups is 1. The van der Waals surface area contributed by atoms with Crippen LogP contribution in [0.25, 0.3) is 5.69 Å². The van der Waals surface area contributed by atoms with E-state index in [4.69, 9.17) is 4.74 Å². The fraction of sp³-hybridized carbons (Fsp3) is 0.567. The zero-order chi connectivity index (χ0) is 27.2. The number of ether oxygens (including phenoxy) is 1. The molecule has 0 saturated heterocycles. The highest BCUT2D eigenvalue weighted by molar-refractivity contribution is 7.91. The van der Waals surface area contributed by atoms with E-state index in [-0.39, 0.29) is 16.8 Å². The van der Waals surface area contributed by atoms with Crippen LogP contribution in [0.5, 0.6) is 0 Å². The first-order valence-corrected chi connectivity index (χ1v) is 15.7. The quantitative estimate of drug-likeness (QED) is 0.167. The number of hydrogen-bond acceptors (Lipinski definition) is 6. The zero-order valence-corrected chi connectivity index (χ0v) is 24.0. The van der Waals surface area contributed by atoms with Gasteiger partial charge in [0.05, 0.1) is 18.0 Å². The van der Waals surface area contributed by atoms with Crippen LogP contribution in [-0.4, -0.2) is 41.0 Å². The minimum absolute atomic E-state index is 0.0530. The van der Waals surface area contributed by atoms with E-state index in [2.05, 4.69) is 41.5 Å². The molecule has 0 radical (unpaired) electrons. The third-order valence-electron chi connectivity index (χ3n) is 7.11. The number of benzene rings is 2. The Morgan fingerprint density at radius 2 is 1.32 bits per heavy atom. The Kier molecular flexibility index (Phi) is 12.4. The molecule has 1 aromatic heterocycles. The van der Waals surface area contributed by atoms with Crippen molar-refractivity contribution in [2.45, 2.75) is 83.9 Å². The second-order valence-electron chi connectivity index (χ2n) is 10.8. The summed E-state index contributed by atoms with van der Waals surface area (Å²) in [6.07, 6.45) is 9.12. The molecule has 0 fully saturated rings. The van der Waals surface area contributed by atoms with Gasteiger partial charge in [0.15, 0.2) is 0 Å². The number of tetrazole rings is 1. The van der Waals surface area contributed by atoms with Gasteiger partial charge < -0.3 is 4.74 Å². The van der Waals surface area contributed by atoms with Crippen molar-refractivity contribution in [3.8, 4) is 5.69 Å². The van der Waals surface area contributed by atoms with Gasteiger partial charge in [0, 0.05) is 6.61 Å². The minimum Gasteiger partial charge on any atom is -0.377 e. The molecule has 0 bridgehead atoms. The summed E-state index contributed by atoms with van der Waals surface area (Å²) in [6.45, 7) is 8.19. The maximum Gasteiger partial charge on any atom is 0.272 e. The maximum absolute atomic E-state index is 13.0. The van der Waals surface area contributed by atoms with Gasteiger partial charge in [-0.2, -0.15) is 4.68 Å². The van der Waals surface area contributed by atoms with Crippen LogP contribution in [-0.2, 0) is 21.2 Å². The number of para-hydroxylation sites is 1. The molecule has 2 aromatic carbocycles. The second kappa shape index (κ2) is 15.7. The Hall–Kier alpha value is -2.58. The lowest BCUT2D eigenvalue weighted by Gasteiger charge is -2.16. The van der Waals surface area contributed by atoms with Crippen LogP contribution in [0.15, 0.2) is 65.8 Å². The van der Waals surface area contributed by atoms with Crippen molar-refractivity contribution in [2.24, 2.45) is 17.8 Å². The van der Waals surface area contributed by atoms with E-state index < -0.39 is 9.84 Å². The summed E-state index contributed by atoms with van der Waals surface area (Å²) in [5, 5.41) is 11.2. The first-order valence-electron chi connectivity index (χ1n) is 14.0. The molecule has 0 amide bonds. The Morgan fingerprint density at radius 3 is 1.95 bits per heavy atom. The van der Waals surface area contributed by atoms with Crippen LogP contribution in [0, 0.1) is 17.8 Å². The summed E-state index contributed by atoms with van der Waals surface area (Å²) in [4.78, 5) is 0. The highest BCUT2D eigenvalue weighted by Crippen LogP contribution is 2.23. The fourth-order valence-electron chi connectivity index (χ4n) is 4.85. The van der Waals surface area contributed by atoms with E-state index in [0.717, 1.165) is 38.2 Å². The zero-order valence-electron chi connectivity index (χ0n) is 23.2. The van der Waals surface area contributed by atoms with Crippen LogP contribution in [0.4, 0.5) is 0 Å². The summed E-state index contributed by atoms with van der Waals surface area (Å²) in [5.41, 5.74) is 1.87. The van der Waals surface area contributed by atoms with Gasteiger partial charge in [0.25, 0.3) is 5.16 Å². The molecule has 208 valence electrons. The lowest BCUT2D eigenvalue weighted by atomic mass is 9.92. The third kappa shape index (κ3) is 10.3. The topological polar surface area (TPSA) is 87.0 Å². The molecule has 3 atom stereocenters. The molecular formula is C30H44N4O3S. The Morgan fingerprint density at radius 1 is 0.763 bits per heavy atom. The fourth-order valence-corrected chi connectivity index (χ4v) is 6.48. The van der Waals surface area contributed by atoms with Gasteiger partial charge in [-0.3, -0.25) is 0 Å². The average Bonchev–Trinajstić information content (AvgIpc) is 3.41. The van der Waals surface area contributed by atoms with Crippen LogP contribution < -0.4 is 0 Å². The molecule has 7 nitrogen and oxygen atoms in total. The predicted molar refractivity (Wildman–Crippen MR) is 152 cm³/mol. The van der Waals surface area contributed by atoms with Gasteiger partial charge in [0.2, 0.25) is 9.84 Å². The van der Waals surface area contributed by atoms with E-state index in [0.29, 0.717) is 18.2 Å². The van der Waals surface area contributed by atoms with E-state index in [1.165, 1.54) is 35.9 Å². The van der Waals surface area contributed by atoms with Gasteiger partial charge in [-0.05, 0) is 65.1 Å². The Labute approximate surface area is 228 Å². The summed E-state index contributed by atoms with van der Waals surface area (Å²) < 4.78 is 33.1. The van der Waals surface area contributed by atoms with E-state index >= 15 is 0 Å². The summed E-state index contributed by atoms with van der Waals surface area (Å²) >= 11 is 0. The highest BCUT2D eigenvalue weighted by atomic mass is 32.2. The molecule has 3 rings (SSSR count). The monoisotopic (exact) mass is 540 g/mol. The Bertz CT molecular complexity index is 1150. The molecule has 0 unspecified atom stereocenters. The number of rotatable bonds is 18. The lowest BCUT2D eigenvalue weighted by Crippen LogP contribution is -2.19. The van der Waals surface area contributed by atoms with Crippen molar-refractivity contribution in [3.05, 3.63) is 66.2 Å². The van der Waals surface area contributed by atoms with E-state index in [9.17, 15) is 8.42 Å². The summed E-state index contributed by atoms with van der Waals surface area (Å²) in [5.74, 6) is 1.49. The lowest BCUT2D eigenvalue weighted by molar-refractivity contribution is 0.114. The van der Waals surface area contributed by atoms with Crippen LogP contribution in [0.3, 0.4) is 0 Å². The molecule has 0 spiro atoms. The summed E-state index contributed by atoms with van der Waals surface area (Å²) in [6, 6.07) is 19.5. The smallest absolute Gasteiger partial charge is 0.272 e. The van der Waals surface area contributed by atoms with Crippen molar-refractivity contribution in [1.82, 2.24) is 20.2 Å².